The second kappa shape index (κ2) is 9.32. The molecule has 0 atom stereocenters. The number of hydrogen-bond donors (Lipinski definition) is 1. The van der Waals surface area contributed by atoms with E-state index in [1.165, 1.54) is 16.7 Å². The summed E-state index contributed by atoms with van der Waals surface area (Å²) in [4.78, 5) is 30.1. The maximum atomic E-state index is 13.2. The summed E-state index contributed by atoms with van der Waals surface area (Å²) in [5.74, 6) is -0.492. The van der Waals surface area contributed by atoms with E-state index in [0.717, 1.165) is 17.3 Å². The molecule has 8 heteroatoms. The van der Waals surface area contributed by atoms with Gasteiger partial charge in [0.2, 0.25) is 5.91 Å². The molecule has 0 unspecified atom stereocenters. The van der Waals surface area contributed by atoms with Crippen molar-refractivity contribution >= 4 is 40.2 Å². The van der Waals surface area contributed by atoms with Crippen molar-refractivity contribution < 1.29 is 9.18 Å². The van der Waals surface area contributed by atoms with Crippen LogP contribution in [0.4, 0.5) is 4.39 Å². The van der Waals surface area contributed by atoms with Crippen LogP contribution in [0.3, 0.4) is 0 Å². The number of nitrogens with zero attached hydrogens (tertiary/aromatic N) is 2. The number of benzene rings is 3. The second-order valence-corrected chi connectivity index (χ2v) is 8.10. The minimum absolute atomic E-state index is 0.0620. The van der Waals surface area contributed by atoms with E-state index in [4.69, 9.17) is 11.6 Å². The fourth-order valence-electron chi connectivity index (χ4n) is 3.04. The summed E-state index contributed by atoms with van der Waals surface area (Å²) in [7, 11) is 0. The number of halogens is 2. The highest BCUT2D eigenvalue weighted by molar-refractivity contribution is 7.99. The maximum absolute atomic E-state index is 13.2. The molecular formula is C23H17ClFN3O2S. The molecule has 31 heavy (non-hydrogen) atoms. The number of amides is 1. The Kier molecular flexibility index (Phi) is 6.34. The summed E-state index contributed by atoms with van der Waals surface area (Å²) in [6.45, 7) is 0.284. The number of thioether (sulfide) groups is 1. The largest absolute Gasteiger partial charge is 0.351 e. The normalized spacial score (nSPS) is 10.9. The van der Waals surface area contributed by atoms with E-state index in [-0.39, 0.29) is 29.6 Å². The number of carbonyl (C=O) groups is 1. The van der Waals surface area contributed by atoms with Crippen LogP contribution in [0.5, 0.6) is 0 Å². The van der Waals surface area contributed by atoms with Crippen molar-refractivity contribution in [3.8, 4) is 5.69 Å². The van der Waals surface area contributed by atoms with E-state index in [2.05, 4.69) is 10.3 Å². The van der Waals surface area contributed by atoms with E-state index < -0.39 is 0 Å². The first-order chi connectivity index (χ1) is 15.0. The number of carbonyl (C=O) groups excluding carboxylic acids is 1. The fourth-order valence-corrected chi connectivity index (χ4v) is 4.06. The van der Waals surface area contributed by atoms with Crippen LogP contribution in [-0.2, 0) is 11.3 Å². The van der Waals surface area contributed by atoms with Gasteiger partial charge >= 0.3 is 0 Å². The first-order valence-corrected chi connectivity index (χ1v) is 10.8. The van der Waals surface area contributed by atoms with E-state index in [1.807, 2.05) is 6.07 Å². The fraction of sp³-hybridized carbons (Fsp3) is 0.0870. The van der Waals surface area contributed by atoms with E-state index >= 15 is 0 Å². The highest BCUT2D eigenvalue weighted by atomic mass is 35.5. The Morgan fingerprint density at radius 3 is 2.61 bits per heavy atom. The smallest absolute Gasteiger partial charge is 0.266 e. The van der Waals surface area contributed by atoms with Gasteiger partial charge in [-0.3, -0.25) is 14.2 Å². The first kappa shape index (κ1) is 21.1. The maximum Gasteiger partial charge on any atom is 0.266 e. The SMILES string of the molecule is O=C(CSc1nc2ccccc2c(=O)n1-c1cccc(Cl)c1)NCc1ccc(F)cc1. The van der Waals surface area contributed by atoms with Crippen molar-refractivity contribution in [3.63, 3.8) is 0 Å². The van der Waals surface area contributed by atoms with Gasteiger partial charge in [-0.15, -0.1) is 0 Å². The standard InChI is InChI=1S/C23H17ClFN3O2S/c24-16-4-3-5-18(12-16)28-22(30)19-6-1-2-7-20(19)27-23(28)31-14-21(29)26-13-15-8-10-17(25)11-9-15/h1-12H,13-14H2,(H,26,29). The minimum atomic E-state index is -0.327. The van der Waals surface area contributed by atoms with Gasteiger partial charge in [-0.1, -0.05) is 53.7 Å². The van der Waals surface area contributed by atoms with Crippen molar-refractivity contribution in [2.75, 3.05) is 5.75 Å². The number of nitrogens with one attached hydrogen (secondary N) is 1. The lowest BCUT2D eigenvalue weighted by atomic mass is 10.2. The highest BCUT2D eigenvalue weighted by Gasteiger charge is 2.15. The summed E-state index contributed by atoms with van der Waals surface area (Å²) in [5, 5.41) is 4.15. The number of rotatable bonds is 6. The molecule has 156 valence electrons. The van der Waals surface area contributed by atoms with Crippen LogP contribution < -0.4 is 10.9 Å². The summed E-state index contributed by atoms with van der Waals surface area (Å²) < 4.78 is 14.5. The van der Waals surface area contributed by atoms with Gasteiger partial charge < -0.3 is 5.32 Å². The van der Waals surface area contributed by atoms with Crippen molar-refractivity contribution in [2.24, 2.45) is 0 Å². The Morgan fingerprint density at radius 2 is 1.84 bits per heavy atom. The summed E-state index contributed by atoms with van der Waals surface area (Å²) >= 11 is 7.28. The van der Waals surface area contributed by atoms with Crippen LogP contribution in [-0.4, -0.2) is 21.2 Å². The van der Waals surface area contributed by atoms with Crippen molar-refractivity contribution in [3.05, 3.63) is 99.6 Å². The monoisotopic (exact) mass is 453 g/mol. The zero-order chi connectivity index (χ0) is 21.8. The minimum Gasteiger partial charge on any atom is -0.351 e. The second-order valence-electron chi connectivity index (χ2n) is 6.72. The van der Waals surface area contributed by atoms with Crippen molar-refractivity contribution in [1.29, 1.82) is 0 Å². The third-order valence-electron chi connectivity index (χ3n) is 4.55. The lowest BCUT2D eigenvalue weighted by molar-refractivity contribution is -0.118. The van der Waals surface area contributed by atoms with Gasteiger partial charge in [-0.2, -0.15) is 0 Å². The zero-order valence-electron chi connectivity index (χ0n) is 16.2. The number of aromatic nitrogens is 2. The predicted molar refractivity (Wildman–Crippen MR) is 121 cm³/mol. The van der Waals surface area contributed by atoms with Crippen LogP contribution in [0.1, 0.15) is 5.56 Å². The molecule has 1 amide bonds. The molecule has 0 fully saturated rings. The number of hydrogen-bond acceptors (Lipinski definition) is 4. The van der Waals surface area contributed by atoms with Gasteiger partial charge in [0.1, 0.15) is 5.82 Å². The molecule has 1 N–H and O–H groups in total. The Labute approximate surface area is 186 Å². The van der Waals surface area contributed by atoms with Gasteiger partial charge in [0.25, 0.3) is 5.56 Å². The van der Waals surface area contributed by atoms with Gasteiger partial charge in [-0.25, -0.2) is 9.37 Å². The first-order valence-electron chi connectivity index (χ1n) is 9.43. The van der Waals surface area contributed by atoms with Crippen LogP contribution in [0.15, 0.2) is 82.7 Å². The Balaban J connectivity index is 1.59. The van der Waals surface area contributed by atoms with E-state index in [1.54, 1.807) is 54.6 Å². The molecule has 0 radical (unpaired) electrons. The predicted octanol–water partition coefficient (Wildman–Crippen LogP) is 4.59. The molecule has 0 bridgehead atoms. The van der Waals surface area contributed by atoms with Crippen LogP contribution in [0.25, 0.3) is 16.6 Å². The van der Waals surface area contributed by atoms with Gasteiger partial charge in [-0.05, 0) is 48.0 Å². The van der Waals surface area contributed by atoms with Crippen LogP contribution in [0.2, 0.25) is 5.02 Å². The average molecular weight is 454 g/mol. The third-order valence-corrected chi connectivity index (χ3v) is 5.72. The lowest BCUT2D eigenvalue weighted by Crippen LogP contribution is -2.26. The molecule has 0 aliphatic carbocycles. The third kappa shape index (κ3) is 4.95. The summed E-state index contributed by atoms with van der Waals surface area (Å²) in [6, 6.07) is 19.9. The summed E-state index contributed by atoms with van der Waals surface area (Å²) in [6.07, 6.45) is 0. The Morgan fingerprint density at radius 1 is 1.06 bits per heavy atom. The topological polar surface area (TPSA) is 64.0 Å². The number of fused-ring (bicyclic) bond motifs is 1. The van der Waals surface area contributed by atoms with Gasteiger partial charge in [0.05, 0.1) is 22.3 Å². The molecule has 4 rings (SSSR count). The quantitative estimate of drug-likeness (QED) is 0.342. The van der Waals surface area contributed by atoms with Gasteiger partial charge in [0, 0.05) is 11.6 Å². The molecular weight excluding hydrogens is 437 g/mol. The van der Waals surface area contributed by atoms with Crippen molar-refractivity contribution in [2.45, 2.75) is 11.7 Å². The lowest BCUT2D eigenvalue weighted by Gasteiger charge is -2.13. The van der Waals surface area contributed by atoms with Gasteiger partial charge in [0.15, 0.2) is 5.16 Å². The van der Waals surface area contributed by atoms with Crippen molar-refractivity contribution in [1.82, 2.24) is 14.9 Å². The highest BCUT2D eigenvalue weighted by Crippen LogP contribution is 2.23. The van der Waals surface area contributed by atoms with E-state index in [9.17, 15) is 14.0 Å². The van der Waals surface area contributed by atoms with Crippen LogP contribution in [0, 0.1) is 5.82 Å². The zero-order valence-corrected chi connectivity index (χ0v) is 17.8. The molecule has 0 saturated carbocycles. The molecule has 4 aromatic rings. The molecule has 0 aliphatic heterocycles. The Bertz CT molecular complexity index is 1310. The molecule has 0 aliphatic rings. The Hall–Kier alpha value is -3.16. The molecule has 5 nitrogen and oxygen atoms in total. The summed E-state index contributed by atoms with van der Waals surface area (Å²) in [5.41, 5.74) is 1.69. The van der Waals surface area contributed by atoms with E-state index in [0.29, 0.717) is 26.8 Å². The molecule has 0 spiro atoms. The molecule has 1 heterocycles. The molecule has 1 aromatic heterocycles. The average Bonchev–Trinajstić information content (AvgIpc) is 2.77. The van der Waals surface area contributed by atoms with Crippen LogP contribution >= 0.6 is 23.4 Å². The molecule has 0 saturated heterocycles. The number of para-hydroxylation sites is 1. The molecule has 3 aromatic carbocycles.